The molecule has 2 bridgehead atoms. The predicted octanol–water partition coefficient (Wildman–Crippen LogP) is 3.60. The smallest absolute Gasteiger partial charge is 0.312 e. The first kappa shape index (κ1) is 22.3. The van der Waals surface area contributed by atoms with Crippen LogP contribution in [0.5, 0.6) is 17.2 Å². The molecule has 4 rings (SSSR count). The van der Waals surface area contributed by atoms with Crippen molar-refractivity contribution in [3.63, 3.8) is 0 Å². The third-order valence-electron chi connectivity index (χ3n) is 7.19. The third-order valence-corrected chi connectivity index (χ3v) is 7.19. The lowest BCUT2D eigenvalue weighted by atomic mass is 9.61. The zero-order valence-electron chi connectivity index (χ0n) is 19.0. The lowest BCUT2D eigenvalue weighted by molar-refractivity contribution is -0.152. The van der Waals surface area contributed by atoms with Gasteiger partial charge in [0.15, 0.2) is 17.3 Å². The molecule has 8 heteroatoms. The number of hydrogen-bond acceptors (Lipinski definition) is 8. The summed E-state index contributed by atoms with van der Waals surface area (Å²) in [5.41, 5.74) is -1.22. The molecule has 0 spiro atoms. The number of hydrogen-bond donors (Lipinski definition) is 1. The van der Waals surface area contributed by atoms with E-state index in [0.717, 1.165) is 6.42 Å². The van der Waals surface area contributed by atoms with Crippen molar-refractivity contribution in [2.24, 2.45) is 11.3 Å². The van der Waals surface area contributed by atoms with Gasteiger partial charge in [-0.25, -0.2) is 0 Å². The lowest BCUT2D eigenvalue weighted by Crippen LogP contribution is -2.45. The molecule has 1 aromatic rings. The minimum atomic E-state index is -0.945. The highest BCUT2D eigenvalue weighted by molar-refractivity contribution is 6.04. The van der Waals surface area contributed by atoms with Gasteiger partial charge in [0.25, 0.3) is 0 Å². The summed E-state index contributed by atoms with van der Waals surface area (Å²) in [5.74, 6) is -3.12. The molecule has 3 aliphatic rings. The van der Waals surface area contributed by atoms with Crippen LogP contribution in [0.2, 0.25) is 0 Å². The molecule has 8 nitrogen and oxygen atoms in total. The Hall–Kier alpha value is -2.90. The van der Waals surface area contributed by atoms with Crippen LogP contribution in [-0.2, 0) is 25.5 Å². The van der Waals surface area contributed by atoms with Crippen molar-refractivity contribution in [3.8, 4) is 17.2 Å². The molecule has 172 valence electrons. The molecule has 2 aliphatic carbocycles. The second kappa shape index (κ2) is 7.32. The molecule has 1 saturated carbocycles. The minimum absolute atomic E-state index is 0.0345. The van der Waals surface area contributed by atoms with Gasteiger partial charge < -0.3 is 19.3 Å². The van der Waals surface area contributed by atoms with Crippen LogP contribution in [0.4, 0.5) is 0 Å². The lowest BCUT2D eigenvalue weighted by Gasteiger charge is -2.40. The van der Waals surface area contributed by atoms with E-state index in [4.69, 9.17) is 14.2 Å². The number of phenolic OH excluding ortho intramolecular Hbond substituents is 1. The van der Waals surface area contributed by atoms with Crippen molar-refractivity contribution in [2.45, 2.75) is 78.2 Å². The van der Waals surface area contributed by atoms with Crippen molar-refractivity contribution in [1.82, 2.24) is 0 Å². The molecule has 0 radical (unpaired) electrons. The van der Waals surface area contributed by atoms with Gasteiger partial charge in [0.2, 0.25) is 0 Å². The number of esters is 3. The second-order valence-corrected chi connectivity index (χ2v) is 9.70. The Labute approximate surface area is 186 Å². The molecule has 1 N–H and O–H groups in total. The van der Waals surface area contributed by atoms with E-state index in [-0.39, 0.29) is 70.4 Å². The van der Waals surface area contributed by atoms with Gasteiger partial charge in [-0.05, 0) is 32.1 Å². The summed E-state index contributed by atoms with van der Waals surface area (Å²) in [7, 11) is 0. The summed E-state index contributed by atoms with van der Waals surface area (Å²) in [6, 6.07) is 0. The molecule has 32 heavy (non-hydrogen) atoms. The van der Waals surface area contributed by atoms with Crippen molar-refractivity contribution in [1.29, 1.82) is 0 Å². The molecule has 2 fully saturated rings. The molecule has 1 heterocycles. The van der Waals surface area contributed by atoms with Gasteiger partial charge in [0, 0.05) is 43.7 Å². The Bertz CT molecular complexity index is 1050. The van der Waals surface area contributed by atoms with Gasteiger partial charge >= 0.3 is 17.9 Å². The van der Waals surface area contributed by atoms with Crippen LogP contribution in [0.25, 0.3) is 0 Å². The van der Waals surface area contributed by atoms with Crippen molar-refractivity contribution >= 4 is 23.7 Å². The summed E-state index contributed by atoms with van der Waals surface area (Å²) in [6.45, 7) is 7.79. The van der Waals surface area contributed by atoms with Gasteiger partial charge in [0.05, 0.1) is 11.0 Å². The fourth-order valence-corrected chi connectivity index (χ4v) is 5.86. The van der Waals surface area contributed by atoms with Gasteiger partial charge in [-0.1, -0.05) is 13.8 Å². The number of fused-ring (bicyclic) bond motifs is 1. The Morgan fingerprint density at radius 3 is 2.31 bits per heavy atom. The standard InChI is InChI=1S/C24H28O8/c1-11(2)17-19(28)18-14(20(30-12(3)25)21(17)31-13(4)26)10-24-8-6-7-23(5,22(29)32-24)16(24)9-15(18)27/h11,16,28H,6-10H2,1-5H3. The Morgan fingerprint density at radius 1 is 1.09 bits per heavy atom. The van der Waals surface area contributed by atoms with Gasteiger partial charge in [-0.3, -0.25) is 19.2 Å². The fourth-order valence-electron chi connectivity index (χ4n) is 5.86. The van der Waals surface area contributed by atoms with E-state index >= 15 is 0 Å². The number of ketones is 1. The van der Waals surface area contributed by atoms with Gasteiger partial charge in [-0.2, -0.15) is 0 Å². The first-order valence-electron chi connectivity index (χ1n) is 11.0. The number of Topliss-reactive ketones (excluding diaryl/α,β-unsaturated/α-hetero) is 1. The van der Waals surface area contributed by atoms with Crippen LogP contribution in [0, 0.1) is 11.3 Å². The van der Waals surface area contributed by atoms with E-state index in [1.54, 1.807) is 13.8 Å². The monoisotopic (exact) mass is 444 g/mol. The minimum Gasteiger partial charge on any atom is -0.507 e. The van der Waals surface area contributed by atoms with Crippen LogP contribution in [0.15, 0.2) is 0 Å². The number of ether oxygens (including phenoxy) is 3. The number of aromatic hydroxyl groups is 1. The Kier molecular flexibility index (Phi) is 5.10. The van der Waals surface area contributed by atoms with Crippen LogP contribution in [0.1, 0.15) is 87.7 Å². The molecular weight excluding hydrogens is 416 g/mol. The second-order valence-electron chi connectivity index (χ2n) is 9.70. The first-order valence-corrected chi connectivity index (χ1v) is 11.0. The molecular formula is C24H28O8. The summed E-state index contributed by atoms with van der Waals surface area (Å²) in [5, 5.41) is 11.2. The summed E-state index contributed by atoms with van der Waals surface area (Å²) in [4.78, 5) is 50.2. The number of carbonyl (C=O) groups is 4. The van der Waals surface area contributed by atoms with E-state index in [9.17, 15) is 24.3 Å². The average molecular weight is 444 g/mol. The number of carbonyl (C=O) groups excluding carboxylic acids is 4. The van der Waals surface area contributed by atoms with Crippen LogP contribution in [-0.4, -0.2) is 34.4 Å². The highest BCUT2D eigenvalue weighted by Crippen LogP contribution is 2.61. The number of benzene rings is 1. The maximum Gasteiger partial charge on any atom is 0.312 e. The van der Waals surface area contributed by atoms with E-state index < -0.39 is 23.0 Å². The van der Waals surface area contributed by atoms with E-state index in [1.807, 2.05) is 6.92 Å². The molecule has 0 amide bonds. The summed E-state index contributed by atoms with van der Waals surface area (Å²) < 4.78 is 16.9. The van der Waals surface area contributed by atoms with Crippen molar-refractivity contribution < 1.29 is 38.5 Å². The zero-order valence-corrected chi connectivity index (χ0v) is 19.0. The quantitative estimate of drug-likeness (QED) is 0.555. The topological polar surface area (TPSA) is 116 Å². The highest BCUT2D eigenvalue weighted by Gasteiger charge is 2.66. The van der Waals surface area contributed by atoms with Crippen molar-refractivity contribution in [3.05, 3.63) is 16.7 Å². The molecule has 1 aliphatic heterocycles. The first-order chi connectivity index (χ1) is 14.9. The highest BCUT2D eigenvalue weighted by atomic mass is 16.6. The number of phenols is 1. The van der Waals surface area contributed by atoms with E-state index in [0.29, 0.717) is 12.8 Å². The van der Waals surface area contributed by atoms with Gasteiger partial charge in [-0.15, -0.1) is 0 Å². The SMILES string of the molecule is CC(=O)Oc1c2c(c(O)c(C(C)C)c1OC(C)=O)C(=O)CC1C3(CCCC1(C)C(=O)O3)C2. The summed E-state index contributed by atoms with van der Waals surface area (Å²) >= 11 is 0. The molecule has 1 saturated heterocycles. The Morgan fingerprint density at radius 2 is 1.72 bits per heavy atom. The fraction of sp³-hybridized carbons (Fsp3) is 0.583. The maximum atomic E-state index is 13.5. The number of rotatable bonds is 3. The van der Waals surface area contributed by atoms with Crippen molar-refractivity contribution in [2.75, 3.05) is 0 Å². The average Bonchev–Trinajstić information content (AvgIpc) is 2.77. The van der Waals surface area contributed by atoms with E-state index in [2.05, 4.69) is 0 Å². The predicted molar refractivity (Wildman–Crippen MR) is 112 cm³/mol. The largest absolute Gasteiger partial charge is 0.507 e. The maximum absolute atomic E-state index is 13.5. The normalized spacial score (nSPS) is 28.5. The summed E-state index contributed by atoms with van der Waals surface area (Å²) in [6.07, 6.45) is 2.05. The van der Waals surface area contributed by atoms with E-state index in [1.165, 1.54) is 13.8 Å². The molecule has 0 aromatic heterocycles. The molecule has 3 unspecified atom stereocenters. The zero-order chi connectivity index (χ0) is 23.6. The molecule has 3 atom stereocenters. The van der Waals surface area contributed by atoms with Crippen LogP contribution < -0.4 is 9.47 Å². The third kappa shape index (κ3) is 3.11. The Balaban J connectivity index is 2.03. The van der Waals surface area contributed by atoms with Crippen LogP contribution >= 0.6 is 0 Å². The van der Waals surface area contributed by atoms with Gasteiger partial charge in [0.1, 0.15) is 11.4 Å². The van der Waals surface area contributed by atoms with Crippen LogP contribution in [0.3, 0.4) is 0 Å². The molecule has 1 aromatic carbocycles.